The molecule has 0 bridgehead atoms. The van der Waals surface area contributed by atoms with Crippen LogP contribution in [0.2, 0.25) is 0 Å². The van der Waals surface area contributed by atoms with E-state index >= 15 is 0 Å². The molecule has 0 N–H and O–H groups in total. The Morgan fingerprint density at radius 2 is 2.03 bits per heavy atom. The molecule has 0 atom stereocenters. The van der Waals surface area contributed by atoms with E-state index in [1.807, 2.05) is 28.9 Å². The first kappa shape index (κ1) is 18.1. The highest BCUT2D eigenvalue weighted by Gasteiger charge is 2.49. The van der Waals surface area contributed by atoms with Crippen LogP contribution < -0.4 is 5.43 Å². The number of aromatic nitrogens is 4. The molecule has 1 spiro atoms. The zero-order valence-electron chi connectivity index (χ0n) is 17.3. The minimum absolute atomic E-state index is 0.0186. The molecule has 4 heterocycles. The molecule has 2 aliphatic carbocycles. The van der Waals surface area contributed by atoms with Crippen molar-refractivity contribution in [1.29, 1.82) is 0 Å². The topological polar surface area (TPSA) is 55.4 Å². The zero-order valence-corrected chi connectivity index (χ0v) is 18.9. The molecule has 0 unspecified atom stereocenters. The van der Waals surface area contributed by atoms with Crippen molar-refractivity contribution in [3.63, 3.8) is 0 Å². The normalized spacial score (nSPS) is 19.9. The van der Waals surface area contributed by atoms with Crippen LogP contribution in [0.3, 0.4) is 0 Å². The van der Waals surface area contributed by atoms with Gasteiger partial charge in [0.25, 0.3) is 0 Å². The summed E-state index contributed by atoms with van der Waals surface area (Å²) in [6.07, 6.45) is 8.82. The molecule has 3 aromatic heterocycles. The van der Waals surface area contributed by atoms with Gasteiger partial charge in [0.1, 0.15) is 4.47 Å². The highest BCUT2D eigenvalue weighted by molar-refractivity contribution is 9.10. The van der Waals surface area contributed by atoms with Gasteiger partial charge in [-0.1, -0.05) is 6.07 Å². The molecule has 6 nitrogen and oxygen atoms in total. The van der Waals surface area contributed by atoms with Crippen molar-refractivity contribution in [2.24, 2.45) is 0 Å². The minimum Gasteiger partial charge on any atom is -0.307 e. The predicted octanol–water partition coefficient (Wildman–Crippen LogP) is 4.33. The summed E-state index contributed by atoms with van der Waals surface area (Å²) >= 11 is 3.54. The molecule has 1 aromatic carbocycles. The number of benzene rings is 1. The fourth-order valence-electron chi connectivity index (χ4n) is 5.07. The molecule has 3 aliphatic rings. The van der Waals surface area contributed by atoms with Crippen LogP contribution in [0.5, 0.6) is 0 Å². The summed E-state index contributed by atoms with van der Waals surface area (Å²) in [4.78, 5) is 20.5. The number of likely N-dealkylation sites (N-methyl/N-ethyl adjacent to an activating group) is 1. The SMILES string of the molecule is CN1Cc2c3cc(-c4cn5ccc(C6CC6)nc5c(Br)c4=O)ccc3nn2CC12CC2. The summed E-state index contributed by atoms with van der Waals surface area (Å²) < 4.78 is 4.67. The van der Waals surface area contributed by atoms with E-state index < -0.39 is 0 Å². The number of nitrogens with zero attached hydrogens (tertiary/aromatic N) is 5. The largest absolute Gasteiger partial charge is 0.307 e. The van der Waals surface area contributed by atoms with Crippen LogP contribution in [0.25, 0.3) is 27.7 Å². The molecule has 4 aromatic rings. The first-order valence-corrected chi connectivity index (χ1v) is 11.7. The van der Waals surface area contributed by atoms with E-state index in [-0.39, 0.29) is 5.43 Å². The molecule has 0 saturated heterocycles. The van der Waals surface area contributed by atoms with Crippen LogP contribution in [0, 0.1) is 0 Å². The summed E-state index contributed by atoms with van der Waals surface area (Å²) in [6, 6.07) is 8.27. The van der Waals surface area contributed by atoms with Gasteiger partial charge in [0.2, 0.25) is 5.43 Å². The third kappa shape index (κ3) is 2.62. The number of hydrogen-bond donors (Lipinski definition) is 0. The summed E-state index contributed by atoms with van der Waals surface area (Å²) in [5.41, 5.74) is 5.91. The van der Waals surface area contributed by atoms with Gasteiger partial charge in [-0.15, -0.1) is 0 Å². The molecule has 0 radical (unpaired) electrons. The highest BCUT2D eigenvalue weighted by atomic mass is 79.9. The molecule has 7 heteroatoms. The van der Waals surface area contributed by atoms with E-state index in [4.69, 9.17) is 10.1 Å². The second-order valence-electron chi connectivity index (χ2n) is 9.46. The van der Waals surface area contributed by atoms with Crippen molar-refractivity contribution < 1.29 is 0 Å². The van der Waals surface area contributed by atoms with Crippen LogP contribution in [-0.2, 0) is 13.1 Å². The van der Waals surface area contributed by atoms with Gasteiger partial charge in [-0.25, -0.2) is 4.98 Å². The highest BCUT2D eigenvalue weighted by Crippen LogP contribution is 2.46. The monoisotopic (exact) mass is 475 g/mol. The zero-order chi connectivity index (χ0) is 20.9. The fourth-order valence-corrected chi connectivity index (χ4v) is 5.57. The van der Waals surface area contributed by atoms with E-state index in [9.17, 15) is 4.79 Å². The Balaban J connectivity index is 1.38. The minimum atomic E-state index is -0.0186. The van der Waals surface area contributed by atoms with Gasteiger partial charge in [-0.3, -0.25) is 14.4 Å². The third-order valence-electron chi connectivity index (χ3n) is 7.42. The van der Waals surface area contributed by atoms with Gasteiger partial charge in [-0.2, -0.15) is 5.10 Å². The molecule has 156 valence electrons. The van der Waals surface area contributed by atoms with Crippen molar-refractivity contribution in [1.82, 2.24) is 24.1 Å². The number of hydrogen-bond acceptors (Lipinski definition) is 4. The van der Waals surface area contributed by atoms with Gasteiger partial charge in [0.05, 0.1) is 17.8 Å². The fraction of sp³-hybridized carbons (Fsp3) is 0.375. The quantitative estimate of drug-likeness (QED) is 0.432. The van der Waals surface area contributed by atoms with Crippen LogP contribution >= 0.6 is 15.9 Å². The molecule has 31 heavy (non-hydrogen) atoms. The van der Waals surface area contributed by atoms with E-state index in [0.717, 1.165) is 35.2 Å². The maximum Gasteiger partial charge on any atom is 0.205 e. The Bertz CT molecular complexity index is 1460. The lowest BCUT2D eigenvalue weighted by molar-refractivity contribution is 0.149. The summed E-state index contributed by atoms with van der Waals surface area (Å²) in [7, 11) is 2.22. The molecule has 7 rings (SSSR count). The predicted molar refractivity (Wildman–Crippen MR) is 123 cm³/mol. The Labute approximate surface area is 187 Å². The average molecular weight is 476 g/mol. The Morgan fingerprint density at radius 3 is 2.81 bits per heavy atom. The third-order valence-corrected chi connectivity index (χ3v) is 8.13. The van der Waals surface area contributed by atoms with Crippen molar-refractivity contribution >= 4 is 32.5 Å². The smallest absolute Gasteiger partial charge is 0.205 e. The van der Waals surface area contributed by atoms with E-state index in [1.165, 1.54) is 31.4 Å². The van der Waals surface area contributed by atoms with Gasteiger partial charge in [0, 0.05) is 47.0 Å². The molecule has 2 fully saturated rings. The molecule has 2 saturated carbocycles. The molecule has 1 aliphatic heterocycles. The second kappa shape index (κ2) is 6.04. The van der Waals surface area contributed by atoms with Crippen molar-refractivity contribution in [2.75, 3.05) is 7.05 Å². The van der Waals surface area contributed by atoms with Crippen LogP contribution in [0.4, 0.5) is 0 Å². The van der Waals surface area contributed by atoms with Crippen LogP contribution in [-0.4, -0.2) is 36.7 Å². The number of rotatable bonds is 2. The Kier molecular flexibility index (Phi) is 3.53. The maximum absolute atomic E-state index is 13.3. The number of fused-ring (bicyclic) bond motifs is 4. The van der Waals surface area contributed by atoms with E-state index in [2.05, 4.69) is 44.7 Å². The van der Waals surface area contributed by atoms with Crippen molar-refractivity contribution in [2.45, 2.75) is 50.2 Å². The lowest BCUT2D eigenvalue weighted by Gasteiger charge is -2.33. The van der Waals surface area contributed by atoms with E-state index in [0.29, 0.717) is 27.1 Å². The summed E-state index contributed by atoms with van der Waals surface area (Å²) in [5.74, 6) is 0.551. The molecule has 0 amide bonds. The standard InChI is InChI=1S/C24H22BrN5O/c1-28-12-20-16-10-15(4-5-19(16)27-30(20)13-24(28)7-8-24)17-11-29-9-6-18(14-2-3-14)26-23(29)21(25)22(17)31/h4-6,9-11,14H,2-3,7-8,12-13H2,1H3. The van der Waals surface area contributed by atoms with Gasteiger partial charge in [0.15, 0.2) is 5.65 Å². The first-order chi connectivity index (χ1) is 15.0. The summed E-state index contributed by atoms with van der Waals surface area (Å²) in [6.45, 7) is 1.86. The van der Waals surface area contributed by atoms with Crippen molar-refractivity contribution in [3.05, 3.63) is 62.7 Å². The van der Waals surface area contributed by atoms with Crippen molar-refractivity contribution in [3.8, 4) is 11.1 Å². The first-order valence-electron chi connectivity index (χ1n) is 10.9. The molecular formula is C24H22BrN5O. The number of halogens is 1. The average Bonchev–Trinajstić information content (AvgIpc) is 3.69. The van der Waals surface area contributed by atoms with Crippen LogP contribution in [0.15, 0.2) is 45.9 Å². The van der Waals surface area contributed by atoms with E-state index in [1.54, 1.807) is 0 Å². The lowest BCUT2D eigenvalue weighted by atomic mass is 10.0. The molecular weight excluding hydrogens is 454 g/mol. The maximum atomic E-state index is 13.3. The Morgan fingerprint density at radius 1 is 1.19 bits per heavy atom. The van der Waals surface area contributed by atoms with Gasteiger partial charge < -0.3 is 4.40 Å². The van der Waals surface area contributed by atoms with Crippen LogP contribution in [0.1, 0.15) is 43.0 Å². The number of pyridine rings is 1. The Hall–Kier alpha value is -2.51. The van der Waals surface area contributed by atoms with Gasteiger partial charge in [-0.05, 0) is 72.4 Å². The summed E-state index contributed by atoms with van der Waals surface area (Å²) in [5, 5.41) is 6.01. The van der Waals surface area contributed by atoms with Gasteiger partial charge >= 0.3 is 0 Å². The lowest BCUT2D eigenvalue weighted by Crippen LogP contribution is -2.42. The second-order valence-corrected chi connectivity index (χ2v) is 10.3.